The molecule has 1 N–H and O–H groups in total. The van der Waals surface area contributed by atoms with Crippen molar-refractivity contribution in [3.63, 3.8) is 0 Å². The van der Waals surface area contributed by atoms with Crippen LogP contribution >= 0.6 is 11.3 Å². The number of hydrogen-bond donors (Lipinski definition) is 1. The number of nitrogens with one attached hydrogen (secondary N) is 1. The number of aryl methyl sites for hydroxylation is 2. The van der Waals surface area contributed by atoms with Crippen LogP contribution in [0, 0.1) is 5.92 Å². The summed E-state index contributed by atoms with van der Waals surface area (Å²) in [6.07, 6.45) is 5.41. The highest BCUT2D eigenvalue weighted by Crippen LogP contribution is 2.30. The van der Waals surface area contributed by atoms with Gasteiger partial charge in [0.1, 0.15) is 5.01 Å². The molecule has 1 aliphatic heterocycles. The van der Waals surface area contributed by atoms with Gasteiger partial charge in [-0.05, 0) is 42.5 Å². The van der Waals surface area contributed by atoms with Gasteiger partial charge in [-0.1, -0.05) is 6.07 Å². The van der Waals surface area contributed by atoms with Gasteiger partial charge < -0.3 is 10.2 Å². The van der Waals surface area contributed by atoms with E-state index in [1.54, 1.807) is 11.1 Å². The second kappa shape index (κ2) is 6.36. The third kappa shape index (κ3) is 2.94. The van der Waals surface area contributed by atoms with Gasteiger partial charge in [-0.25, -0.2) is 4.98 Å². The summed E-state index contributed by atoms with van der Waals surface area (Å²) in [5.74, 6) is -0.324. The Morgan fingerprint density at radius 2 is 2.21 bits per heavy atom. The first-order valence-corrected chi connectivity index (χ1v) is 9.17. The van der Waals surface area contributed by atoms with Crippen LogP contribution in [0.1, 0.15) is 29.0 Å². The van der Waals surface area contributed by atoms with Gasteiger partial charge in [0.2, 0.25) is 11.8 Å². The van der Waals surface area contributed by atoms with Crippen LogP contribution in [0.15, 0.2) is 29.8 Å². The highest BCUT2D eigenvalue weighted by atomic mass is 32.1. The lowest BCUT2D eigenvalue weighted by Gasteiger charge is -2.18. The van der Waals surface area contributed by atoms with Gasteiger partial charge in [-0.15, -0.1) is 11.3 Å². The Balaban J connectivity index is 1.42. The van der Waals surface area contributed by atoms with Crippen molar-refractivity contribution in [3.05, 3.63) is 45.9 Å². The number of benzene rings is 1. The number of aromatic nitrogens is 1. The average Bonchev–Trinajstić information content (AvgIpc) is 3.32. The number of carbonyl (C=O) groups is 2. The molecule has 2 aromatic rings. The first-order valence-electron chi connectivity index (χ1n) is 8.29. The number of hydrogen-bond acceptors (Lipinski definition) is 4. The zero-order chi connectivity index (χ0) is 16.5. The topological polar surface area (TPSA) is 62.3 Å². The van der Waals surface area contributed by atoms with E-state index < -0.39 is 0 Å². The van der Waals surface area contributed by atoms with Crippen LogP contribution in [0.5, 0.6) is 0 Å². The standard InChI is InChI=1S/C18H19N3O2S/c22-17-9-14(18(23)20-10-16-19-6-7-24-16)11-21(17)15-5-4-12-2-1-3-13(12)8-15/h4-8,14H,1-3,9-11H2,(H,20,23). The van der Waals surface area contributed by atoms with Gasteiger partial charge >= 0.3 is 0 Å². The number of anilines is 1. The maximum absolute atomic E-state index is 12.4. The summed E-state index contributed by atoms with van der Waals surface area (Å²) in [4.78, 5) is 30.6. The molecule has 2 heterocycles. The predicted octanol–water partition coefficient (Wildman–Crippen LogP) is 2.30. The van der Waals surface area contributed by atoms with Gasteiger partial charge in [0.25, 0.3) is 0 Å². The Hall–Kier alpha value is -2.21. The number of rotatable bonds is 4. The second-order valence-electron chi connectivity index (χ2n) is 6.36. The van der Waals surface area contributed by atoms with Crippen LogP contribution < -0.4 is 10.2 Å². The Labute approximate surface area is 144 Å². The molecular weight excluding hydrogens is 322 g/mol. The summed E-state index contributed by atoms with van der Waals surface area (Å²) in [7, 11) is 0. The van der Waals surface area contributed by atoms with E-state index >= 15 is 0 Å². The third-order valence-electron chi connectivity index (χ3n) is 4.79. The van der Waals surface area contributed by atoms with Gasteiger partial charge in [-0.3, -0.25) is 9.59 Å². The normalized spacial score (nSPS) is 19.6. The monoisotopic (exact) mass is 341 g/mol. The molecular formula is C18H19N3O2S. The molecule has 2 aliphatic rings. The molecule has 1 aromatic carbocycles. The largest absolute Gasteiger partial charge is 0.349 e. The summed E-state index contributed by atoms with van der Waals surface area (Å²) in [6, 6.07) is 6.26. The summed E-state index contributed by atoms with van der Waals surface area (Å²) >= 11 is 1.51. The molecule has 0 bridgehead atoms. The Morgan fingerprint density at radius 1 is 1.33 bits per heavy atom. The highest BCUT2D eigenvalue weighted by Gasteiger charge is 2.35. The molecule has 24 heavy (non-hydrogen) atoms. The molecule has 124 valence electrons. The summed E-state index contributed by atoms with van der Waals surface area (Å²) < 4.78 is 0. The Kier molecular flexibility index (Phi) is 4.06. The van der Waals surface area contributed by atoms with Crippen molar-refractivity contribution in [2.75, 3.05) is 11.4 Å². The van der Waals surface area contributed by atoms with Crippen LogP contribution in [0.2, 0.25) is 0 Å². The van der Waals surface area contributed by atoms with E-state index in [2.05, 4.69) is 22.4 Å². The van der Waals surface area contributed by atoms with Crippen LogP contribution in [0.3, 0.4) is 0 Å². The molecule has 6 heteroatoms. The number of fused-ring (bicyclic) bond motifs is 1. The average molecular weight is 341 g/mol. The van der Waals surface area contributed by atoms with E-state index in [1.807, 2.05) is 11.4 Å². The Bertz CT molecular complexity index is 773. The number of carbonyl (C=O) groups excluding carboxylic acids is 2. The van der Waals surface area contributed by atoms with E-state index in [0.717, 1.165) is 23.5 Å². The first-order chi connectivity index (χ1) is 11.7. The minimum absolute atomic E-state index is 0.0299. The lowest BCUT2D eigenvalue weighted by Crippen LogP contribution is -2.32. The molecule has 5 nitrogen and oxygen atoms in total. The molecule has 0 radical (unpaired) electrons. The molecule has 1 aromatic heterocycles. The van der Waals surface area contributed by atoms with Gasteiger partial charge in [0, 0.05) is 30.2 Å². The highest BCUT2D eigenvalue weighted by molar-refractivity contribution is 7.09. The zero-order valence-electron chi connectivity index (χ0n) is 13.3. The van der Waals surface area contributed by atoms with E-state index in [9.17, 15) is 9.59 Å². The van der Waals surface area contributed by atoms with Crippen LogP contribution in [0.25, 0.3) is 0 Å². The molecule has 0 spiro atoms. The van der Waals surface area contributed by atoms with E-state index in [-0.39, 0.29) is 24.2 Å². The van der Waals surface area contributed by atoms with Crippen LogP contribution in [-0.4, -0.2) is 23.3 Å². The fraction of sp³-hybridized carbons (Fsp3) is 0.389. The molecule has 1 unspecified atom stereocenters. The van der Waals surface area contributed by atoms with Gasteiger partial charge in [0.05, 0.1) is 12.5 Å². The van der Waals surface area contributed by atoms with E-state index in [0.29, 0.717) is 13.1 Å². The lowest BCUT2D eigenvalue weighted by atomic mass is 10.1. The summed E-state index contributed by atoms with van der Waals surface area (Å²) in [5.41, 5.74) is 3.66. The molecule has 1 fully saturated rings. The van der Waals surface area contributed by atoms with Crippen molar-refractivity contribution >= 4 is 28.8 Å². The summed E-state index contributed by atoms with van der Waals surface area (Å²) in [5, 5.41) is 5.65. The fourth-order valence-electron chi connectivity index (χ4n) is 3.51. The molecule has 2 amide bonds. The number of nitrogens with zero attached hydrogens (tertiary/aromatic N) is 2. The van der Waals surface area contributed by atoms with Crippen LogP contribution in [-0.2, 0) is 29.0 Å². The van der Waals surface area contributed by atoms with Crippen molar-refractivity contribution in [1.82, 2.24) is 10.3 Å². The van der Waals surface area contributed by atoms with Crippen LogP contribution in [0.4, 0.5) is 5.69 Å². The van der Waals surface area contributed by atoms with E-state index in [1.165, 1.54) is 28.9 Å². The van der Waals surface area contributed by atoms with Crippen molar-refractivity contribution in [2.24, 2.45) is 5.92 Å². The van der Waals surface area contributed by atoms with Gasteiger partial charge in [0.15, 0.2) is 0 Å². The second-order valence-corrected chi connectivity index (χ2v) is 7.33. The fourth-order valence-corrected chi connectivity index (χ4v) is 4.06. The summed E-state index contributed by atoms with van der Waals surface area (Å²) in [6.45, 7) is 0.890. The molecule has 4 rings (SSSR count). The number of thiazole rings is 1. The van der Waals surface area contributed by atoms with Crippen molar-refractivity contribution in [2.45, 2.75) is 32.2 Å². The molecule has 1 aliphatic carbocycles. The third-order valence-corrected chi connectivity index (χ3v) is 5.57. The van der Waals surface area contributed by atoms with Crippen molar-refractivity contribution in [1.29, 1.82) is 0 Å². The van der Waals surface area contributed by atoms with E-state index in [4.69, 9.17) is 0 Å². The quantitative estimate of drug-likeness (QED) is 0.928. The lowest BCUT2D eigenvalue weighted by molar-refractivity contribution is -0.126. The van der Waals surface area contributed by atoms with Gasteiger partial charge in [-0.2, -0.15) is 0 Å². The SMILES string of the molecule is O=C(NCc1nccs1)C1CC(=O)N(c2ccc3c(c2)CCC3)C1. The Morgan fingerprint density at radius 3 is 3.04 bits per heavy atom. The maximum atomic E-state index is 12.4. The van der Waals surface area contributed by atoms with Crippen molar-refractivity contribution in [3.8, 4) is 0 Å². The predicted molar refractivity (Wildman–Crippen MR) is 92.9 cm³/mol. The smallest absolute Gasteiger partial charge is 0.227 e. The zero-order valence-corrected chi connectivity index (χ0v) is 14.1. The molecule has 0 saturated carbocycles. The number of amides is 2. The first kappa shape index (κ1) is 15.3. The minimum atomic E-state index is -0.286. The maximum Gasteiger partial charge on any atom is 0.227 e. The molecule has 1 atom stereocenters. The molecule has 1 saturated heterocycles. The van der Waals surface area contributed by atoms with Crippen molar-refractivity contribution < 1.29 is 9.59 Å². The minimum Gasteiger partial charge on any atom is -0.349 e.